The van der Waals surface area contributed by atoms with Gasteiger partial charge in [-0.3, -0.25) is 4.55 Å². The molecule has 0 fully saturated rings. The molecule has 1 N–H and O–H groups in total. The van der Waals surface area contributed by atoms with Crippen molar-refractivity contribution in [1.82, 2.24) is 0 Å². The summed E-state index contributed by atoms with van der Waals surface area (Å²) in [4.78, 5) is 0. The molecule has 0 heterocycles. The Kier molecular flexibility index (Phi) is 5.82. The normalized spacial score (nSPS) is 10.0. The zero-order valence-corrected chi connectivity index (χ0v) is 4.63. The summed E-state index contributed by atoms with van der Waals surface area (Å²) in [5, 5.41) is 0. The molecule has 0 saturated carbocycles. The number of hydrogen-bond acceptors (Lipinski definition) is 3. The second kappa shape index (κ2) is 3.79. The summed E-state index contributed by atoms with van der Waals surface area (Å²) < 4.78 is 29.6. The van der Waals surface area contributed by atoms with E-state index in [0.29, 0.717) is 0 Å². The Balaban J connectivity index is 0. The van der Waals surface area contributed by atoms with Gasteiger partial charge in [0.1, 0.15) is 0 Å². The average Bonchev–Trinajstić information content (AvgIpc) is 1.35. The quantitative estimate of drug-likeness (QED) is 0.285. The molecule has 0 aliphatic heterocycles. The zero-order valence-electron chi connectivity index (χ0n) is 2.66. The molecule has 0 saturated heterocycles. The van der Waals surface area contributed by atoms with Gasteiger partial charge in [0.2, 0.25) is 0 Å². The van der Waals surface area contributed by atoms with Gasteiger partial charge in [0.15, 0.2) is 17.4 Å². The van der Waals surface area contributed by atoms with Crippen molar-refractivity contribution in [1.29, 1.82) is 0 Å². The molecule has 0 amide bonds. The highest BCUT2D eigenvalue weighted by Gasteiger charge is 1.94. The van der Waals surface area contributed by atoms with Crippen molar-refractivity contribution in [3.05, 3.63) is 0 Å². The second-order valence-electron chi connectivity index (χ2n) is 0.524. The lowest BCUT2D eigenvalue weighted by Crippen LogP contribution is -1.92. The van der Waals surface area contributed by atoms with E-state index in [2.05, 4.69) is 3.97 Å². The first kappa shape index (κ1) is 10.7. The van der Waals surface area contributed by atoms with E-state index in [-0.39, 0.29) is 17.4 Å². The van der Waals surface area contributed by atoms with Crippen LogP contribution in [0.5, 0.6) is 0 Å². The summed E-state index contributed by atoms with van der Waals surface area (Å²) >= 11 is 0. The minimum atomic E-state index is -4.20. The van der Waals surface area contributed by atoms with Gasteiger partial charge >= 0.3 is 10.4 Å². The molecule has 0 aromatic heterocycles. The number of hydrogen-bond donors (Lipinski definition) is 1. The van der Waals surface area contributed by atoms with E-state index < -0.39 is 10.4 Å². The lowest BCUT2D eigenvalue weighted by atomic mass is 15.8. The van der Waals surface area contributed by atoms with Crippen LogP contribution in [-0.4, -0.2) is 30.3 Å². The van der Waals surface area contributed by atoms with Gasteiger partial charge < -0.3 is 0 Å². The molecule has 0 rings (SSSR count). The van der Waals surface area contributed by atoms with Crippen LogP contribution in [0.25, 0.3) is 0 Å². The second-order valence-corrected chi connectivity index (χ2v) is 2.15. The average molecular weight is 160 g/mol. The highest BCUT2D eigenvalue weighted by Crippen LogP contribution is 1.90. The highest BCUT2D eigenvalue weighted by atomic mass is 32.3. The van der Waals surface area contributed by atoms with Crippen LogP contribution in [-0.2, 0) is 14.4 Å². The predicted octanol–water partition coefficient (Wildman–Crippen LogP) is -1.59. The summed E-state index contributed by atoms with van der Waals surface area (Å²) in [6.07, 6.45) is 0. The molecular formula is H6AlO4PS. The van der Waals surface area contributed by atoms with Crippen molar-refractivity contribution >= 4 is 37.2 Å². The predicted molar refractivity (Wildman–Crippen MR) is 32.3 cm³/mol. The summed E-state index contributed by atoms with van der Waals surface area (Å²) in [7, 11) is -2.81. The Hall–Kier alpha value is 0.832. The Morgan fingerprint density at radius 1 is 1.57 bits per heavy atom. The third-order valence-electron chi connectivity index (χ3n) is 0.122. The Labute approximate surface area is 54.6 Å². The van der Waals surface area contributed by atoms with E-state index >= 15 is 0 Å². The van der Waals surface area contributed by atoms with Crippen molar-refractivity contribution in [2.75, 3.05) is 0 Å². The molecule has 7 heavy (non-hydrogen) atoms. The molecule has 1 unspecified atom stereocenters. The van der Waals surface area contributed by atoms with Gasteiger partial charge in [-0.25, -0.2) is 3.97 Å². The maximum atomic E-state index is 9.31. The van der Waals surface area contributed by atoms with Crippen LogP contribution < -0.4 is 0 Å². The van der Waals surface area contributed by atoms with Gasteiger partial charge in [-0.15, -0.1) is 0 Å². The topological polar surface area (TPSA) is 63.6 Å². The van der Waals surface area contributed by atoms with E-state index in [1.165, 1.54) is 9.47 Å². The molecule has 0 aromatic rings. The molecule has 0 aliphatic carbocycles. The standard InChI is InChI=1S/Al.H3O4PS.3H/c;1-6(2,3)4-5;;;/h;5H2,(H,1,2,3);;;. The first-order valence-electron chi connectivity index (χ1n) is 0.918. The highest BCUT2D eigenvalue weighted by molar-refractivity contribution is 7.83. The van der Waals surface area contributed by atoms with Gasteiger partial charge in [0.25, 0.3) is 0 Å². The zero-order chi connectivity index (χ0) is 5.21. The van der Waals surface area contributed by atoms with Crippen LogP contribution in [0.4, 0.5) is 0 Å². The first-order valence-corrected chi connectivity index (χ1v) is 2.75. The SMILES string of the molecule is O=S(=O)(O)OP.[AlH3]. The van der Waals surface area contributed by atoms with Crippen LogP contribution in [0.3, 0.4) is 0 Å². The molecule has 44 valence electrons. The molecular weight excluding hydrogens is 154 g/mol. The van der Waals surface area contributed by atoms with Gasteiger partial charge in [0, 0.05) is 9.47 Å². The molecule has 0 bridgehead atoms. The minimum absolute atomic E-state index is 0. The van der Waals surface area contributed by atoms with E-state index in [9.17, 15) is 8.42 Å². The molecule has 0 aromatic carbocycles. The van der Waals surface area contributed by atoms with Crippen LogP contribution in [0, 0.1) is 0 Å². The molecule has 0 radical (unpaired) electrons. The Morgan fingerprint density at radius 3 is 1.71 bits per heavy atom. The van der Waals surface area contributed by atoms with E-state index in [1.54, 1.807) is 0 Å². The van der Waals surface area contributed by atoms with Crippen molar-refractivity contribution < 1.29 is 16.9 Å². The maximum absolute atomic E-state index is 9.31. The third-order valence-corrected chi connectivity index (χ3v) is 1.09. The monoisotopic (exact) mass is 160 g/mol. The number of rotatable bonds is 1. The fourth-order valence-corrected chi connectivity index (χ4v) is 0. The van der Waals surface area contributed by atoms with Crippen LogP contribution >= 0.6 is 9.47 Å². The van der Waals surface area contributed by atoms with Gasteiger partial charge in [-0.1, -0.05) is 0 Å². The first-order chi connectivity index (χ1) is 2.56. The van der Waals surface area contributed by atoms with Crippen LogP contribution in [0.15, 0.2) is 0 Å². The van der Waals surface area contributed by atoms with Gasteiger partial charge in [0.05, 0.1) is 0 Å². The maximum Gasteiger partial charge on any atom is 0.399 e. The molecule has 0 aliphatic rings. The van der Waals surface area contributed by atoms with Crippen molar-refractivity contribution in [3.63, 3.8) is 0 Å². The van der Waals surface area contributed by atoms with E-state index in [1.807, 2.05) is 0 Å². The lowest BCUT2D eigenvalue weighted by Gasteiger charge is -1.81. The van der Waals surface area contributed by atoms with E-state index in [0.717, 1.165) is 0 Å². The Bertz CT molecular complexity index is 114. The molecule has 4 nitrogen and oxygen atoms in total. The van der Waals surface area contributed by atoms with Crippen molar-refractivity contribution in [2.45, 2.75) is 0 Å². The summed E-state index contributed by atoms with van der Waals surface area (Å²) in [5.74, 6) is 0. The van der Waals surface area contributed by atoms with Gasteiger partial charge in [-0.05, 0) is 0 Å². The van der Waals surface area contributed by atoms with Crippen LogP contribution in [0.1, 0.15) is 0 Å². The van der Waals surface area contributed by atoms with Gasteiger partial charge in [-0.2, -0.15) is 8.42 Å². The smallest absolute Gasteiger partial charge is 0.263 e. The summed E-state index contributed by atoms with van der Waals surface area (Å²) in [5.41, 5.74) is 0. The third kappa shape index (κ3) is 10.9. The molecule has 1 atom stereocenters. The van der Waals surface area contributed by atoms with Crippen molar-refractivity contribution in [3.8, 4) is 0 Å². The fourth-order valence-electron chi connectivity index (χ4n) is 0. The molecule has 7 heteroatoms. The fraction of sp³-hybridized carbons (Fsp3) is 0. The lowest BCUT2D eigenvalue weighted by molar-refractivity contribution is 0.407. The summed E-state index contributed by atoms with van der Waals surface area (Å²) in [6.45, 7) is 0. The van der Waals surface area contributed by atoms with E-state index in [4.69, 9.17) is 4.55 Å². The molecule has 0 spiro atoms. The Morgan fingerprint density at radius 2 is 1.71 bits per heavy atom. The van der Waals surface area contributed by atoms with Crippen LogP contribution in [0.2, 0.25) is 0 Å². The van der Waals surface area contributed by atoms with Crippen molar-refractivity contribution in [2.24, 2.45) is 0 Å². The minimum Gasteiger partial charge on any atom is -0.263 e. The summed E-state index contributed by atoms with van der Waals surface area (Å²) in [6, 6.07) is 0. The largest absolute Gasteiger partial charge is 0.399 e.